The van der Waals surface area contributed by atoms with Crippen molar-refractivity contribution in [3.05, 3.63) is 60.2 Å². The Morgan fingerprint density at radius 1 is 1.08 bits per heavy atom. The van der Waals surface area contributed by atoms with Crippen LogP contribution < -0.4 is 5.73 Å². The highest BCUT2D eigenvalue weighted by Gasteiger charge is 2.21. The molecule has 1 unspecified atom stereocenters. The lowest BCUT2D eigenvalue weighted by molar-refractivity contribution is 0.166. The van der Waals surface area contributed by atoms with E-state index in [0.29, 0.717) is 11.7 Å². The summed E-state index contributed by atoms with van der Waals surface area (Å²) in [4.78, 5) is 15.5. The Kier molecular flexibility index (Phi) is 4.57. The molecule has 128 valence electrons. The molecule has 1 atom stereocenters. The SMILES string of the molecule is Nc1nccnc1CC1CCCN(Cc2ccc3ncccc3c2)C1. The fourth-order valence-electron chi connectivity index (χ4n) is 3.75. The second-order valence-corrected chi connectivity index (χ2v) is 6.87. The van der Waals surface area contributed by atoms with Crippen LogP contribution in [0.4, 0.5) is 5.82 Å². The van der Waals surface area contributed by atoms with Crippen LogP contribution in [0.25, 0.3) is 10.9 Å². The van der Waals surface area contributed by atoms with E-state index in [9.17, 15) is 0 Å². The Morgan fingerprint density at radius 3 is 2.92 bits per heavy atom. The van der Waals surface area contributed by atoms with Crippen molar-refractivity contribution in [1.29, 1.82) is 0 Å². The van der Waals surface area contributed by atoms with Gasteiger partial charge in [0.15, 0.2) is 0 Å². The number of nitrogens with two attached hydrogens (primary N) is 1. The predicted molar refractivity (Wildman–Crippen MR) is 99.9 cm³/mol. The second kappa shape index (κ2) is 7.15. The number of fused-ring (bicyclic) bond motifs is 1. The number of benzene rings is 1. The van der Waals surface area contributed by atoms with Gasteiger partial charge >= 0.3 is 0 Å². The van der Waals surface area contributed by atoms with Gasteiger partial charge in [-0.2, -0.15) is 0 Å². The van der Waals surface area contributed by atoms with E-state index in [1.165, 1.54) is 23.8 Å². The summed E-state index contributed by atoms with van der Waals surface area (Å²) in [7, 11) is 0. The highest BCUT2D eigenvalue weighted by molar-refractivity contribution is 5.78. The van der Waals surface area contributed by atoms with Crippen LogP contribution in [0.5, 0.6) is 0 Å². The Morgan fingerprint density at radius 2 is 2.00 bits per heavy atom. The van der Waals surface area contributed by atoms with Crippen LogP contribution in [0.2, 0.25) is 0 Å². The van der Waals surface area contributed by atoms with Crippen molar-refractivity contribution >= 4 is 16.7 Å². The highest BCUT2D eigenvalue weighted by Crippen LogP contribution is 2.23. The number of hydrogen-bond acceptors (Lipinski definition) is 5. The molecule has 0 radical (unpaired) electrons. The average Bonchev–Trinajstić information content (AvgIpc) is 2.64. The first kappa shape index (κ1) is 16.0. The first-order chi connectivity index (χ1) is 12.3. The van der Waals surface area contributed by atoms with Crippen LogP contribution in [0.1, 0.15) is 24.1 Å². The zero-order valence-electron chi connectivity index (χ0n) is 14.3. The van der Waals surface area contributed by atoms with Crippen LogP contribution in [0, 0.1) is 5.92 Å². The number of anilines is 1. The molecule has 0 saturated carbocycles. The molecule has 4 rings (SSSR count). The van der Waals surface area contributed by atoms with Gasteiger partial charge in [-0.3, -0.25) is 14.9 Å². The molecule has 0 spiro atoms. The van der Waals surface area contributed by atoms with Gasteiger partial charge < -0.3 is 5.73 Å². The Bertz CT molecular complexity index is 863. The fourth-order valence-corrected chi connectivity index (χ4v) is 3.75. The van der Waals surface area contributed by atoms with Gasteiger partial charge in [-0.1, -0.05) is 12.1 Å². The molecule has 2 N–H and O–H groups in total. The van der Waals surface area contributed by atoms with Gasteiger partial charge in [0.25, 0.3) is 0 Å². The smallest absolute Gasteiger partial charge is 0.145 e. The molecule has 0 bridgehead atoms. The molecule has 1 aromatic carbocycles. The van der Waals surface area contributed by atoms with Gasteiger partial charge in [0, 0.05) is 37.1 Å². The maximum Gasteiger partial charge on any atom is 0.145 e. The van der Waals surface area contributed by atoms with E-state index in [2.05, 4.69) is 44.1 Å². The van der Waals surface area contributed by atoms with Crippen molar-refractivity contribution in [2.24, 2.45) is 5.92 Å². The molecule has 25 heavy (non-hydrogen) atoms. The van der Waals surface area contributed by atoms with Crippen LogP contribution in [0.3, 0.4) is 0 Å². The lowest BCUT2D eigenvalue weighted by atomic mass is 9.93. The number of piperidine rings is 1. The van der Waals surface area contributed by atoms with Gasteiger partial charge in [0.2, 0.25) is 0 Å². The maximum absolute atomic E-state index is 5.96. The summed E-state index contributed by atoms with van der Waals surface area (Å²) in [6, 6.07) is 10.7. The number of nitrogen functional groups attached to an aromatic ring is 1. The molecule has 0 amide bonds. The van der Waals surface area contributed by atoms with E-state index in [4.69, 9.17) is 5.73 Å². The zero-order valence-corrected chi connectivity index (χ0v) is 14.3. The number of nitrogens with zero attached hydrogens (tertiary/aromatic N) is 4. The minimum Gasteiger partial charge on any atom is -0.382 e. The van der Waals surface area contributed by atoms with Crippen molar-refractivity contribution < 1.29 is 0 Å². The third-order valence-corrected chi connectivity index (χ3v) is 4.97. The van der Waals surface area contributed by atoms with Gasteiger partial charge in [0.05, 0.1) is 11.2 Å². The van der Waals surface area contributed by atoms with E-state index < -0.39 is 0 Å². The van der Waals surface area contributed by atoms with Gasteiger partial charge in [-0.15, -0.1) is 0 Å². The Balaban J connectivity index is 1.43. The first-order valence-corrected chi connectivity index (χ1v) is 8.89. The van der Waals surface area contributed by atoms with Gasteiger partial charge in [0.1, 0.15) is 5.82 Å². The minimum absolute atomic E-state index is 0.571. The number of hydrogen-bond donors (Lipinski definition) is 1. The van der Waals surface area contributed by atoms with Crippen LogP contribution in [-0.2, 0) is 13.0 Å². The maximum atomic E-state index is 5.96. The van der Waals surface area contributed by atoms with E-state index in [-0.39, 0.29) is 0 Å². The molecule has 5 heteroatoms. The lowest BCUT2D eigenvalue weighted by Crippen LogP contribution is -2.36. The van der Waals surface area contributed by atoms with E-state index >= 15 is 0 Å². The monoisotopic (exact) mass is 333 g/mol. The van der Waals surface area contributed by atoms with Crippen molar-refractivity contribution in [3.63, 3.8) is 0 Å². The predicted octanol–water partition coefficient (Wildman–Crippen LogP) is 3.06. The molecule has 3 aromatic rings. The largest absolute Gasteiger partial charge is 0.382 e. The fraction of sp³-hybridized carbons (Fsp3) is 0.350. The van der Waals surface area contributed by atoms with E-state index in [1.807, 2.05) is 12.3 Å². The molecule has 3 heterocycles. The molecule has 1 fully saturated rings. The number of pyridine rings is 1. The zero-order chi connectivity index (χ0) is 17.1. The van der Waals surface area contributed by atoms with Crippen LogP contribution in [0.15, 0.2) is 48.9 Å². The van der Waals surface area contributed by atoms with Gasteiger partial charge in [-0.25, -0.2) is 4.98 Å². The molecule has 1 aliphatic rings. The van der Waals surface area contributed by atoms with Crippen LogP contribution in [-0.4, -0.2) is 32.9 Å². The van der Waals surface area contributed by atoms with E-state index in [1.54, 1.807) is 12.4 Å². The number of aromatic nitrogens is 3. The van der Waals surface area contributed by atoms with Crippen LogP contribution >= 0.6 is 0 Å². The minimum atomic E-state index is 0.571. The molecular weight excluding hydrogens is 310 g/mol. The molecular formula is C20H23N5. The summed E-state index contributed by atoms with van der Waals surface area (Å²) in [5, 5.41) is 1.21. The summed E-state index contributed by atoms with van der Waals surface area (Å²) >= 11 is 0. The standard InChI is InChI=1S/C20H23N5/c21-20-19(23-8-9-24-20)12-15-3-2-10-25(13-15)14-16-5-6-18-17(11-16)4-1-7-22-18/h1,4-9,11,15H,2-3,10,12-14H2,(H2,21,24). The molecule has 1 saturated heterocycles. The summed E-state index contributed by atoms with van der Waals surface area (Å²) in [5.41, 5.74) is 9.30. The van der Waals surface area contributed by atoms with Crippen molar-refractivity contribution in [2.75, 3.05) is 18.8 Å². The molecule has 2 aromatic heterocycles. The quantitative estimate of drug-likeness (QED) is 0.795. The number of rotatable bonds is 4. The normalized spacial score (nSPS) is 18.5. The van der Waals surface area contributed by atoms with Gasteiger partial charge in [-0.05, 0) is 55.5 Å². The molecule has 1 aliphatic heterocycles. The number of likely N-dealkylation sites (tertiary alicyclic amines) is 1. The highest BCUT2D eigenvalue weighted by atomic mass is 15.1. The second-order valence-electron chi connectivity index (χ2n) is 6.87. The van der Waals surface area contributed by atoms with E-state index in [0.717, 1.165) is 37.3 Å². The third kappa shape index (κ3) is 3.77. The molecule has 5 nitrogen and oxygen atoms in total. The summed E-state index contributed by atoms with van der Waals surface area (Å²) in [6.07, 6.45) is 8.59. The summed E-state index contributed by atoms with van der Waals surface area (Å²) < 4.78 is 0. The summed E-state index contributed by atoms with van der Waals surface area (Å²) in [6.45, 7) is 3.22. The Labute approximate surface area is 147 Å². The molecule has 0 aliphatic carbocycles. The average molecular weight is 333 g/mol. The van der Waals surface area contributed by atoms with Crippen molar-refractivity contribution in [1.82, 2.24) is 19.9 Å². The van der Waals surface area contributed by atoms with Crippen molar-refractivity contribution in [2.45, 2.75) is 25.8 Å². The summed E-state index contributed by atoms with van der Waals surface area (Å²) in [5.74, 6) is 1.16. The van der Waals surface area contributed by atoms with Crippen molar-refractivity contribution in [3.8, 4) is 0 Å². The first-order valence-electron chi connectivity index (χ1n) is 8.89. The topological polar surface area (TPSA) is 67.9 Å². The third-order valence-electron chi connectivity index (χ3n) is 4.97. The Hall–Kier alpha value is -2.53. The lowest BCUT2D eigenvalue weighted by Gasteiger charge is -2.32.